The summed E-state index contributed by atoms with van der Waals surface area (Å²) in [5.74, 6) is -0.539. The van der Waals surface area contributed by atoms with E-state index in [1.165, 1.54) is 40.7 Å². The topological polar surface area (TPSA) is 115 Å². The van der Waals surface area contributed by atoms with Crippen LogP contribution in [0.3, 0.4) is 0 Å². The molecule has 0 N–H and O–H groups in total. The van der Waals surface area contributed by atoms with E-state index in [-0.39, 0.29) is 22.2 Å². The van der Waals surface area contributed by atoms with Gasteiger partial charge in [-0.1, -0.05) is 17.4 Å². The molecule has 1 aromatic heterocycles. The molecule has 0 radical (unpaired) electrons. The number of non-ortho nitro benzene ring substituents is 1. The number of fused-ring (bicyclic) bond motifs is 1. The Hall–Kier alpha value is -3.15. The predicted molar refractivity (Wildman–Crippen MR) is 121 cm³/mol. The van der Waals surface area contributed by atoms with E-state index in [4.69, 9.17) is 0 Å². The average molecular weight is 473 g/mol. The highest BCUT2D eigenvalue weighted by molar-refractivity contribution is 7.89. The maximum atomic E-state index is 12.8. The lowest BCUT2D eigenvalue weighted by molar-refractivity contribution is -0.384. The second kappa shape index (κ2) is 8.41. The minimum Gasteiger partial charge on any atom is -0.312 e. The molecule has 11 heteroatoms. The van der Waals surface area contributed by atoms with Crippen molar-refractivity contribution in [3.63, 3.8) is 0 Å². The van der Waals surface area contributed by atoms with E-state index < -0.39 is 20.9 Å². The molecule has 1 heterocycles. The Balaban J connectivity index is 1.69. The van der Waals surface area contributed by atoms with Gasteiger partial charge in [-0.3, -0.25) is 14.9 Å². The van der Waals surface area contributed by atoms with Gasteiger partial charge in [0.05, 0.1) is 20.0 Å². The summed E-state index contributed by atoms with van der Waals surface area (Å²) in [4.78, 5) is 28.0. The van der Waals surface area contributed by atoms with Crippen LogP contribution in [0.25, 0.3) is 10.2 Å². The minimum atomic E-state index is -3.60. The van der Waals surface area contributed by atoms with E-state index >= 15 is 0 Å². The molecule has 1 fully saturated rings. The van der Waals surface area contributed by atoms with Crippen LogP contribution in [0.5, 0.6) is 0 Å². The van der Waals surface area contributed by atoms with Gasteiger partial charge in [0.1, 0.15) is 0 Å². The summed E-state index contributed by atoms with van der Waals surface area (Å²) >= 11 is 1.16. The van der Waals surface area contributed by atoms with Crippen molar-refractivity contribution in [3.05, 3.63) is 75.6 Å². The van der Waals surface area contributed by atoms with Crippen molar-refractivity contribution in [2.45, 2.75) is 30.3 Å². The molecule has 3 aromatic rings. The predicted octanol–water partition coefficient (Wildman–Crippen LogP) is 3.32. The summed E-state index contributed by atoms with van der Waals surface area (Å²) in [6, 6.07) is 10.2. The van der Waals surface area contributed by atoms with Crippen LogP contribution in [0, 0.1) is 10.1 Å². The molecule has 1 aliphatic rings. The molecule has 0 aliphatic heterocycles. The number of allylic oxidation sites excluding steroid dienone is 1. The molecule has 166 valence electrons. The van der Waals surface area contributed by atoms with Gasteiger partial charge in [0.2, 0.25) is 10.0 Å². The van der Waals surface area contributed by atoms with E-state index in [0.717, 1.165) is 24.2 Å². The van der Waals surface area contributed by atoms with Crippen LogP contribution in [0.2, 0.25) is 0 Å². The Morgan fingerprint density at radius 2 is 2.00 bits per heavy atom. The Kier molecular flexibility index (Phi) is 5.80. The highest BCUT2D eigenvalue weighted by Crippen LogP contribution is 2.30. The van der Waals surface area contributed by atoms with Gasteiger partial charge in [0.15, 0.2) is 4.80 Å². The van der Waals surface area contributed by atoms with Crippen LogP contribution >= 0.6 is 11.3 Å². The standard InChI is InChI=1S/C21H20N4O5S2/c1-3-12-24-18-11-8-16(25(27)28)13-19(18)31-21(24)22-20(26)14-4-9-17(10-5-14)32(29,30)23(2)15-6-7-15/h3-5,8-11,13,15H,1,6-7,12H2,2H3. The zero-order valence-corrected chi connectivity index (χ0v) is 18.8. The smallest absolute Gasteiger partial charge is 0.279 e. The molecule has 0 atom stereocenters. The third-order valence-corrected chi connectivity index (χ3v) is 8.19. The van der Waals surface area contributed by atoms with Gasteiger partial charge in [-0.25, -0.2) is 8.42 Å². The van der Waals surface area contributed by atoms with Crippen LogP contribution in [0.15, 0.2) is 65.0 Å². The number of nitrogens with zero attached hydrogens (tertiary/aromatic N) is 4. The number of hydrogen-bond acceptors (Lipinski definition) is 6. The van der Waals surface area contributed by atoms with Crippen molar-refractivity contribution < 1.29 is 18.1 Å². The van der Waals surface area contributed by atoms with E-state index in [0.29, 0.717) is 21.6 Å². The van der Waals surface area contributed by atoms with E-state index in [1.807, 2.05) is 0 Å². The number of rotatable bonds is 7. The molecule has 1 amide bonds. The first-order chi connectivity index (χ1) is 15.2. The van der Waals surface area contributed by atoms with Gasteiger partial charge >= 0.3 is 0 Å². The van der Waals surface area contributed by atoms with Crippen molar-refractivity contribution in [2.24, 2.45) is 4.99 Å². The quantitative estimate of drug-likeness (QED) is 0.297. The molecule has 0 bridgehead atoms. The molecular formula is C21H20N4O5S2. The lowest BCUT2D eigenvalue weighted by atomic mass is 10.2. The fourth-order valence-corrected chi connectivity index (χ4v) is 5.77. The fourth-order valence-electron chi connectivity index (χ4n) is 3.29. The SMILES string of the molecule is C=CCn1c(=NC(=O)c2ccc(S(=O)(=O)N(C)C3CC3)cc2)sc2cc([N+](=O)[O-])ccc21. The van der Waals surface area contributed by atoms with Crippen LogP contribution in [0.1, 0.15) is 23.2 Å². The van der Waals surface area contributed by atoms with Crippen molar-refractivity contribution in [3.8, 4) is 0 Å². The van der Waals surface area contributed by atoms with Gasteiger partial charge in [-0.15, -0.1) is 6.58 Å². The van der Waals surface area contributed by atoms with E-state index in [9.17, 15) is 23.3 Å². The summed E-state index contributed by atoms with van der Waals surface area (Å²) in [6.45, 7) is 4.09. The van der Waals surface area contributed by atoms with Crippen LogP contribution in [0.4, 0.5) is 5.69 Å². The van der Waals surface area contributed by atoms with Crippen LogP contribution in [-0.4, -0.2) is 41.2 Å². The Morgan fingerprint density at radius 3 is 2.59 bits per heavy atom. The van der Waals surface area contributed by atoms with Gasteiger partial charge in [0, 0.05) is 37.3 Å². The normalized spacial score (nSPS) is 14.8. The summed E-state index contributed by atoms with van der Waals surface area (Å²) < 4.78 is 29.0. The number of amides is 1. The summed E-state index contributed by atoms with van der Waals surface area (Å²) in [5.41, 5.74) is 0.901. The highest BCUT2D eigenvalue weighted by atomic mass is 32.2. The Bertz CT molecular complexity index is 1400. The lowest BCUT2D eigenvalue weighted by Gasteiger charge is -2.16. The van der Waals surface area contributed by atoms with Crippen molar-refractivity contribution in [2.75, 3.05) is 7.05 Å². The first kappa shape index (κ1) is 22.1. The van der Waals surface area contributed by atoms with E-state index in [1.54, 1.807) is 23.8 Å². The monoisotopic (exact) mass is 472 g/mol. The second-order valence-electron chi connectivity index (χ2n) is 7.39. The van der Waals surface area contributed by atoms with Gasteiger partial charge in [-0.2, -0.15) is 9.30 Å². The lowest BCUT2D eigenvalue weighted by Crippen LogP contribution is -2.28. The van der Waals surface area contributed by atoms with Gasteiger partial charge < -0.3 is 4.57 Å². The number of thiazole rings is 1. The number of aromatic nitrogens is 1. The first-order valence-electron chi connectivity index (χ1n) is 9.78. The second-order valence-corrected chi connectivity index (χ2v) is 10.4. The molecule has 9 nitrogen and oxygen atoms in total. The molecule has 0 unspecified atom stereocenters. The zero-order chi connectivity index (χ0) is 23.0. The molecule has 1 saturated carbocycles. The maximum absolute atomic E-state index is 12.8. The summed E-state index contributed by atoms with van der Waals surface area (Å²) in [5, 5.41) is 11.1. The van der Waals surface area contributed by atoms with Crippen LogP contribution in [-0.2, 0) is 16.6 Å². The number of nitro benzene ring substituents is 1. The third-order valence-electron chi connectivity index (χ3n) is 5.23. The first-order valence-corrected chi connectivity index (χ1v) is 12.0. The largest absolute Gasteiger partial charge is 0.312 e. The maximum Gasteiger partial charge on any atom is 0.279 e. The van der Waals surface area contributed by atoms with Gasteiger partial charge in [-0.05, 0) is 43.2 Å². The number of carbonyl (C=O) groups excluding carboxylic acids is 1. The third kappa shape index (κ3) is 4.14. The highest BCUT2D eigenvalue weighted by Gasteiger charge is 2.35. The van der Waals surface area contributed by atoms with Crippen molar-refractivity contribution >= 4 is 43.2 Å². The fraction of sp³-hybridized carbons (Fsp3) is 0.238. The number of nitro groups is 1. The molecule has 0 saturated heterocycles. The average Bonchev–Trinajstić information content (AvgIpc) is 3.57. The minimum absolute atomic E-state index is 0.0420. The Labute approximate surface area is 188 Å². The molecule has 1 aliphatic carbocycles. The summed E-state index contributed by atoms with van der Waals surface area (Å²) in [6.07, 6.45) is 3.36. The molecular weight excluding hydrogens is 452 g/mol. The molecule has 0 spiro atoms. The van der Waals surface area contributed by atoms with E-state index in [2.05, 4.69) is 11.6 Å². The van der Waals surface area contributed by atoms with Crippen LogP contribution < -0.4 is 4.80 Å². The van der Waals surface area contributed by atoms with Crippen molar-refractivity contribution in [1.29, 1.82) is 0 Å². The molecule has 4 rings (SSSR count). The number of hydrogen-bond donors (Lipinski definition) is 0. The number of sulfonamides is 1. The molecule has 32 heavy (non-hydrogen) atoms. The zero-order valence-electron chi connectivity index (χ0n) is 17.2. The van der Waals surface area contributed by atoms with Crippen molar-refractivity contribution in [1.82, 2.24) is 8.87 Å². The number of carbonyl (C=O) groups is 1. The van der Waals surface area contributed by atoms with Gasteiger partial charge in [0.25, 0.3) is 11.6 Å². The summed E-state index contributed by atoms with van der Waals surface area (Å²) in [7, 11) is -2.04. The Morgan fingerprint density at radius 1 is 1.31 bits per heavy atom. The molecule has 2 aromatic carbocycles. The number of benzene rings is 2.